The predicted octanol–water partition coefficient (Wildman–Crippen LogP) is 1.29. The zero-order valence-electron chi connectivity index (χ0n) is 9.75. The second-order valence-electron chi connectivity index (χ2n) is 3.88. The third kappa shape index (κ3) is 2.58. The molecule has 0 N–H and O–H groups in total. The summed E-state index contributed by atoms with van der Waals surface area (Å²) in [5, 5.41) is 0. The van der Waals surface area contributed by atoms with Crippen LogP contribution in [0.5, 0.6) is 0 Å². The van der Waals surface area contributed by atoms with Crippen LogP contribution in [-0.4, -0.2) is 28.4 Å². The molecule has 0 unspecified atom stereocenters. The van der Waals surface area contributed by atoms with Gasteiger partial charge in [-0.2, -0.15) is 0 Å². The van der Waals surface area contributed by atoms with E-state index in [1.165, 1.54) is 19.6 Å². The minimum atomic E-state index is -0.629. The third-order valence-electron chi connectivity index (χ3n) is 2.54. The molecule has 0 fully saturated rings. The molecule has 0 radical (unpaired) electrons. The lowest BCUT2D eigenvalue weighted by atomic mass is 10.2. The zero-order valence-corrected chi connectivity index (χ0v) is 9.75. The average Bonchev–Trinajstić information content (AvgIpc) is 2.95. The Hall–Kier alpha value is -1.98. The number of ether oxygens (including phenoxy) is 3. The van der Waals surface area contributed by atoms with Crippen molar-refractivity contribution in [1.29, 1.82) is 0 Å². The van der Waals surface area contributed by atoms with Crippen LogP contribution >= 0.6 is 0 Å². The van der Waals surface area contributed by atoms with Gasteiger partial charge in [-0.3, -0.25) is 0 Å². The van der Waals surface area contributed by atoms with Crippen molar-refractivity contribution in [3.63, 3.8) is 0 Å². The highest BCUT2D eigenvalue weighted by Crippen LogP contribution is 2.23. The molecular weight excluding hydrogens is 224 g/mol. The van der Waals surface area contributed by atoms with Gasteiger partial charge in [-0.05, 0) is 0 Å². The maximum Gasteiger partial charge on any atom is 0.358 e. The SMILES string of the molecule is COC(=O)c1cn(CCC2(C)OC=CO2)cn1. The molecule has 0 aromatic carbocycles. The smallest absolute Gasteiger partial charge is 0.358 e. The molecule has 0 aliphatic carbocycles. The van der Waals surface area contributed by atoms with Crippen molar-refractivity contribution in [3.05, 3.63) is 30.7 Å². The molecule has 0 bridgehead atoms. The molecule has 6 heteroatoms. The largest absolute Gasteiger partial charge is 0.464 e. The highest BCUT2D eigenvalue weighted by atomic mass is 16.7. The topological polar surface area (TPSA) is 62.6 Å². The van der Waals surface area contributed by atoms with Crippen molar-refractivity contribution in [2.75, 3.05) is 7.11 Å². The standard InChI is InChI=1S/C11H14N2O4/c1-11(16-5-6-17-11)3-4-13-7-9(12-8-13)10(14)15-2/h5-8H,3-4H2,1-2H3. The summed E-state index contributed by atoms with van der Waals surface area (Å²) in [6, 6.07) is 0. The maximum atomic E-state index is 11.2. The Balaban J connectivity index is 1.91. The van der Waals surface area contributed by atoms with E-state index >= 15 is 0 Å². The van der Waals surface area contributed by atoms with Crippen LogP contribution in [0.3, 0.4) is 0 Å². The summed E-state index contributed by atoms with van der Waals surface area (Å²) < 4.78 is 17.0. The Morgan fingerprint density at radius 2 is 2.24 bits per heavy atom. The highest BCUT2D eigenvalue weighted by Gasteiger charge is 2.28. The van der Waals surface area contributed by atoms with Gasteiger partial charge in [0.05, 0.1) is 13.4 Å². The van der Waals surface area contributed by atoms with Crippen LogP contribution in [0.1, 0.15) is 23.8 Å². The molecule has 1 aliphatic rings. The van der Waals surface area contributed by atoms with Gasteiger partial charge in [0.1, 0.15) is 12.5 Å². The second kappa shape index (κ2) is 4.48. The first-order valence-electron chi connectivity index (χ1n) is 5.24. The van der Waals surface area contributed by atoms with Crippen molar-refractivity contribution in [2.45, 2.75) is 25.7 Å². The fourth-order valence-electron chi connectivity index (χ4n) is 1.51. The Bertz CT molecular complexity index is 430. The van der Waals surface area contributed by atoms with Crippen LogP contribution in [0.25, 0.3) is 0 Å². The Labute approximate surface area is 98.8 Å². The third-order valence-corrected chi connectivity index (χ3v) is 2.54. The number of methoxy groups -OCH3 is 1. The van der Waals surface area contributed by atoms with Gasteiger partial charge in [-0.1, -0.05) is 0 Å². The first-order chi connectivity index (χ1) is 8.13. The summed E-state index contributed by atoms with van der Waals surface area (Å²) in [6.07, 6.45) is 6.91. The summed E-state index contributed by atoms with van der Waals surface area (Å²) in [6.45, 7) is 2.49. The Morgan fingerprint density at radius 3 is 2.88 bits per heavy atom. The molecule has 6 nitrogen and oxygen atoms in total. The molecular formula is C11H14N2O4. The van der Waals surface area contributed by atoms with Crippen LogP contribution in [0.15, 0.2) is 25.0 Å². The van der Waals surface area contributed by atoms with E-state index in [1.807, 2.05) is 6.92 Å². The lowest BCUT2D eigenvalue weighted by Crippen LogP contribution is -2.26. The maximum absolute atomic E-state index is 11.2. The number of rotatable bonds is 4. The molecule has 0 saturated carbocycles. The molecule has 0 amide bonds. The molecule has 0 spiro atoms. The van der Waals surface area contributed by atoms with E-state index in [0.29, 0.717) is 18.7 Å². The van der Waals surface area contributed by atoms with Gasteiger partial charge >= 0.3 is 5.97 Å². The molecule has 1 aromatic heterocycles. The number of carbonyl (C=O) groups is 1. The molecule has 92 valence electrons. The van der Waals surface area contributed by atoms with Gasteiger partial charge in [0.2, 0.25) is 5.79 Å². The number of hydrogen-bond acceptors (Lipinski definition) is 5. The van der Waals surface area contributed by atoms with Crippen molar-refractivity contribution in [1.82, 2.24) is 9.55 Å². The normalized spacial score (nSPS) is 16.4. The number of nitrogens with zero attached hydrogens (tertiary/aromatic N) is 2. The first-order valence-corrected chi connectivity index (χ1v) is 5.24. The summed E-state index contributed by atoms with van der Waals surface area (Å²) in [4.78, 5) is 15.1. The molecule has 17 heavy (non-hydrogen) atoms. The predicted molar refractivity (Wildman–Crippen MR) is 57.9 cm³/mol. The molecule has 2 heterocycles. The van der Waals surface area contributed by atoms with Crippen LogP contribution in [0, 0.1) is 0 Å². The van der Waals surface area contributed by atoms with Crippen molar-refractivity contribution < 1.29 is 19.0 Å². The van der Waals surface area contributed by atoms with E-state index < -0.39 is 11.8 Å². The average molecular weight is 238 g/mol. The van der Waals surface area contributed by atoms with Gasteiger partial charge in [0.25, 0.3) is 0 Å². The van der Waals surface area contributed by atoms with Crippen LogP contribution < -0.4 is 0 Å². The first kappa shape index (κ1) is 11.5. The summed E-state index contributed by atoms with van der Waals surface area (Å²) in [5.74, 6) is -1.07. The Morgan fingerprint density at radius 1 is 1.53 bits per heavy atom. The van der Waals surface area contributed by atoms with Gasteiger partial charge < -0.3 is 18.8 Å². The van der Waals surface area contributed by atoms with E-state index in [4.69, 9.17) is 9.47 Å². The number of imidazole rings is 1. The van der Waals surface area contributed by atoms with Crippen LogP contribution in [0.4, 0.5) is 0 Å². The summed E-state index contributed by atoms with van der Waals surface area (Å²) >= 11 is 0. The summed E-state index contributed by atoms with van der Waals surface area (Å²) in [5.41, 5.74) is 0.295. The number of aromatic nitrogens is 2. The minimum absolute atomic E-state index is 0.295. The summed E-state index contributed by atoms with van der Waals surface area (Å²) in [7, 11) is 1.33. The van der Waals surface area contributed by atoms with Gasteiger partial charge in [-0.15, -0.1) is 0 Å². The van der Waals surface area contributed by atoms with Crippen molar-refractivity contribution in [3.8, 4) is 0 Å². The van der Waals surface area contributed by atoms with E-state index in [2.05, 4.69) is 9.72 Å². The molecule has 1 aliphatic heterocycles. The van der Waals surface area contributed by atoms with E-state index in [1.54, 1.807) is 17.1 Å². The number of esters is 1. The molecule has 1 aromatic rings. The van der Waals surface area contributed by atoms with E-state index in [-0.39, 0.29) is 0 Å². The fraction of sp³-hybridized carbons (Fsp3) is 0.455. The molecule has 2 rings (SSSR count). The lowest BCUT2D eigenvalue weighted by molar-refractivity contribution is -0.132. The highest BCUT2D eigenvalue weighted by molar-refractivity contribution is 5.86. The zero-order chi connectivity index (χ0) is 12.3. The van der Waals surface area contributed by atoms with Crippen LogP contribution in [-0.2, 0) is 20.8 Å². The minimum Gasteiger partial charge on any atom is -0.464 e. The monoisotopic (exact) mass is 238 g/mol. The van der Waals surface area contributed by atoms with E-state index in [0.717, 1.165) is 0 Å². The Kier molecular flexibility index (Phi) is 3.03. The van der Waals surface area contributed by atoms with Crippen molar-refractivity contribution >= 4 is 5.97 Å². The number of carbonyl (C=O) groups excluding carboxylic acids is 1. The van der Waals surface area contributed by atoms with Gasteiger partial charge in [0.15, 0.2) is 5.69 Å². The number of aryl methyl sites for hydroxylation is 1. The lowest BCUT2D eigenvalue weighted by Gasteiger charge is -2.22. The van der Waals surface area contributed by atoms with Crippen LogP contribution in [0.2, 0.25) is 0 Å². The van der Waals surface area contributed by atoms with Gasteiger partial charge in [-0.25, -0.2) is 9.78 Å². The molecule has 0 saturated heterocycles. The molecule has 0 atom stereocenters. The quantitative estimate of drug-likeness (QED) is 0.740. The fourth-order valence-corrected chi connectivity index (χ4v) is 1.51. The van der Waals surface area contributed by atoms with Gasteiger partial charge in [0, 0.05) is 26.1 Å². The van der Waals surface area contributed by atoms with E-state index in [9.17, 15) is 4.79 Å². The van der Waals surface area contributed by atoms with Crippen molar-refractivity contribution in [2.24, 2.45) is 0 Å². The second-order valence-corrected chi connectivity index (χ2v) is 3.88. The number of hydrogen-bond donors (Lipinski definition) is 0.